The molecule has 1 heterocycles. The van der Waals surface area contributed by atoms with Gasteiger partial charge in [0.25, 0.3) is 0 Å². The molecule has 3 N–H and O–H groups in total. The Kier molecular flexibility index (Phi) is 3.30. The zero-order chi connectivity index (χ0) is 11.6. The number of aryl methyl sites for hydroxylation is 2. The summed E-state index contributed by atoms with van der Waals surface area (Å²) in [5.41, 5.74) is 5.79. The molecule has 4 heteroatoms. The molecule has 0 bridgehead atoms. The summed E-state index contributed by atoms with van der Waals surface area (Å²) in [4.78, 5) is 4.31. The molecule has 1 unspecified atom stereocenters. The molecule has 1 aromatic rings. The largest absolute Gasteiger partial charge is 0.396 e. The summed E-state index contributed by atoms with van der Waals surface area (Å²) in [5.74, 6) is 1.70. The van der Waals surface area contributed by atoms with Gasteiger partial charge in [-0.15, -0.1) is 0 Å². The maximum absolute atomic E-state index is 9.58. The number of nitrogens with two attached hydrogens (primary N) is 1. The number of hydrogen-bond donors (Lipinski definition) is 2. The Morgan fingerprint density at radius 1 is 1.62 bits per heavy atom. The quantitative estimate of drug-likeness (QED) is 0.746. The molecule has 1 atom stereocenters. The standard InChI is InChI=1S/C12H21N3O/c1-15-7-6-14-11(15)4-5-12(8-13,9-16)10-2-3-10/h6-7,10,16H,2-5,8-9,13H2,1H3. The molecule has 1 aliphatic rings. The Hall–Kier alpha value is -0.870. The zero-order valence-electron chi connectivity index (χ0n) is 9.89. The van der Waals surface area contributed by atoms with Gasteiger partial charge >= 0.3 is 0 Å². The van der Waals surface area contributed by atoms with Crippen molar-refractivity contribution in [2.75, 3.05) is 13.2 Å². The first kappa shape index (κ1) is 11.6. The van der Waals surface area contributed by atoms with Gasteiger partial charge in [-0.1, -0.05) is 0 Å². The molecule has 0 amide bonds. The predicted molar refractivity (Wildman–Crippen MR) is 62.8 cm³/mol. The lowest BCUT2D eigenvalue weighted by molar-refractivity contribution is 0.0989. The van der Waals surface area contributed by atoms with E-state index in [4.69, 9.17) is 5.73 Å². The second-order valence-corrected chi connectivity index (χ2v) is 4.95. The monoisotopic (exact) mass is 223 g/mol. The van der Waals surface area contributed by atoms with Crippen LogP contribution in [0.15, 0.2) is 12.4 Å². The highest BCUT2D eigenvalue weighted by atomic mass is 16.3. The van der Waals surface area contributed by atoms with Crippen LogP contribution in [-0.2, 0) is 13.5 Å². The topological polar surface area (TPSA) is 64.1 Å². The first-order valence-electron chi connectivity index (χ1n) is 5.99. The normalized spacial score (nSPS) is 19.7. The van der Waals surface area contributed by atoms with Crippen molar-refractivity contribution in [3.63, 3.8) is 0 Å². The highest BCUT2D eigenvalue weighted by Gasteiger charge is 2.43. The molecule has 0 saturated heterocycles. The van der Waals surface area contributed by atoms with E-state index in [1.165, 1.54) is 12.8 Å². The van der Waals surface area contributed by atoms with Crippen LogP contribution in [0, 0.1) is 11.3 Å². The highest BCUT2D eigenvalue weighted by Crippen LogP contribution is 2.47. The third-order valence-electron chi connectivity index (χ3n) is 3.93. The Morgan fingerprint density at radius 3 is 2.81 bits per heavy atom. The van der Waals surface area contributed by atoms with Gasteiger partial charge in [0.05, 0.1) is 6.61 Å². The SMILES string of the molecule is Cn1ccnc1CCC(CN)(CO)C1CC1. The second-order valence-electron chi connectivity index (χ2n) is 4.95. The first-order valence-corrected chi connectivity index (χ1v) is 5.99. The minimum absolute atomic E-state index is 0.0635. The van der Waals surface area contributed by atoms with Crippen LogP contribution in [0.25, 0.3) is 0 Å². The molecule has 1 saturated carbocycles. The van der Waals surface area contributed by atoms with Crippen molar-refractivity contribution in [3.05, 3.63) is 18.2 Å². The van der Waals surface area contributed by atoms with Crippen molar-refractivity contribution >= 4 is 0 Å². The number of imidazole rings is 1. The molecule has 1 fully saturated rings. The van der Waals surface area contributed by atoms with Crippen molar-refractivity contribution in [1.29, 1.82) is 0 Å². The van der Waals surface area contributed by atoms with Crippen LogP contribution in [0.4, 0.5) is 0 Å². The van der Waals surface area contributed by atoms with E-state index in [1.807, 2.05) is 24.0 Å². The van der Waals surface area contributed by atoms with Crippen LogP contribution in [0.3, 0.4) is 0 Å². The van der Waals surface area contributed by atoms with E-state index >= 15 is 0 Å². The second kappa shape index (κ2) is 4.55. The van der Waals surface area contributed by atoms with Gasteiger partial charge in [0.2, 0.25) is 0 Å². The lowest BCUT2D eigenvalue weighted by atomic mass is 9.79. The molecule has 16 heavy (non-hydrogen) atoms. The van der Waals surface area contributed by atoms with E-state index in [0.717, 1.165) is 18.7 Å². The van der Waals surface area contributed by atoms with E-state index in [-0.39, 0.29) is 12.0 Å². The molecule has 0 aromatic carbocycles. The fourth-order valence-corrected chi connectivity index (χ4v) is 2.44. The van der Waals surface area contributed by atoms with Crippen LogP contribution in [0.5, 0.6) is 0 Å². The van der Waals surface area contributed by atoms with Crippen molar-refractivity contribution in [2.45, 2.75) is 25.7 Å². The molecule has 0 radical (unpaired) electrons. The van der Waals surface area contributed by atoms with Crippen LogP contribution in [0.1, 0.15) is 25.1 Å². The molecule has 1 aromatic heterocycles. The van der Waals surface area contributed by atoms with E-state index in [0.29, 0.717) is 12.5 Å². The van der Waals surface area contributed by atoms with Crippen LogP contribution < -0.4 is 5.73 Å². The van der Waals surface area contributed by atoms with Crippen LogP contribution in [-0.4, -0.2) is 27.8 Å². The average molecular weight is 223 g/mol. The average Bonchev–Trinajstić information content (AvgIpc) is 3.07. The molecule has 0 spiro atoms. The van der Waals surface area contributed by atoms with Gasteiger partial charge in [-0.2, -0.15) is 0 Å². The molecule has 4 nitrogen and oxygen atoms in total. The summed E-state index contributed by atoms with van der Waals surface area (Å²) in [6, 6.07) is 0. The summed E-state index contributed by atoms with van der Waals surface area (Å²) in [6.45, 7) is 0.789. The third-order valence-corrected chi connectivity index (χ3v) is 3.93. The number of nitrogens with zero attached hydrogens (tertiary/aromatic N) is 2. The molecule has 90 valence electrons. The number of rotatable bonds is 6. The molecular weight excluding hydrogens is 202 g/mol. The van der Waals surface area contributed by atoms with Crippen molar-refractivity contribution in [2.24, 2.45) is 24.1 Å². The van der Waals surface area contributed by atoms with Crippen LogP contribution in [0.2, 0.25) is 0 Å². The number of aliphatic hydroxyl groups excluding tert-OH is 1. The minimum Gasteiger partial charge on any atom is -0.396 e. The lowest BCUT2D eigenvalue weighted by Crippen LogP contribution is -2.37. The van der Waals surface area contributed by atoms with Crippen molar-refractivity contribution < 1.29 is 5.11 Å². The highest BCUT2D eigenvalue weighted by molar-refractivity contribution is 4.99. The van der Waals surface area contributed by atoms with Gasteiger partial charge in [-0.3, -0.25) is 0 Å². The van der Waals surface area contributed by atoms with Gasteiger partial charge < -0.3 is 15.4 Å². The van der Waals surface area contributed by atoms with Crippen LogP contribution >= 0.6 is 0 Å². The number of aliphatic hydroxyl groups is 1. The summed E-state index contributed by atoms with van der Waals surface area (Å²) in [5, 5.41) is 9.58. The summed E-state index contributed by atoms with van der Waals surface area (Å²) in [6.07, 6.45) is 8.05. The van der Waals surface area contributed by atoms with Gasteiger partial charge in [0.15, 0.2) is 0 Å². The third kappa shape index (κ3) is 2.13. The smallest absolute Gasteiger partial charge is 0.108 e. The number of hydrogen-bond acceptors (Lipinski definition) is 3. The zero-order valence-corrected chi connectivity index (χ0v) is 9.89. The Labute approximate surface area is 96.5 Å². The fourth-order valence-electron chi connectivity index (χ4n) is 2.44. The van der Waals surface area contributed by atoms with E-state index in [2.05, 4.69) is 4.98 Å². The maximum atomic E-state index is 9.58. The summed E-state index contributed by atoms with van der Waals surface area (Å²) in [7, 11) is 2.00. The van der Waals surface area contributed by atoms with E-state index < -0.39 is 0 Å². The summed E-state index contributed by atoms with van der Waals surface area (Å²) < 4.78 is 2.03. The fraction of sp³-hybridized carbons (Fsp3) is 0.750. The Bertz CT molecular complexity index is 340. The van der Waals surface area contributed by atoms with Crippen molar-refractivity contribution in [3.8, 4) is 0 Å². The predicted octanol–water partition coefficient (Wildman–Crippen LogP) is 0.700. The Morgan fingerprint density at radius 2 is 2.38 bits per heavy atom. The van der Waals surface area contributed by atoms with Gasteiger partial charge in [-0.25, -0.2) is 4.98 Å². The van der Waals surface area contributed by atoms with E-state index in [9.17, 15) is 5.11 Å². The molecule has 1 aliphatic carbocycles. The van der Waals surface area contributed by atoms with E-state index in [1.54, 1.807) is 0 Å². The minimum atomic E-state index is -0.0635. The van der Waals surface area contributed by atoms with Gasteiger partial charge in [0, 0.05) is 37.8 Å². The number of aromatic nitrogens is 2. The first-order chi connectivity index (χ1) is 7.72. The molecule has 2 rings (SSSR count). The summed E-state index contributed by atoms with van der Waals surface area (Å²) >= 11 is 0. The lowest BCUT2D eigenvalue weighted by Gasteiger charge is -2.30. The van der Waals surface area contributed by atoms with Gasteiger partial charge in [-0.05, 0) is 25.2 Å². The maximum Gasteiger partial charge on any atom is 0.108 e. The van der Waals surface area contributed by atoms with Crippen molar-refractivity contribution in [1.82, 2.24) is 9.55 Å². The molecule has 0 aliphatic heterocycles. The van der Waals surface area contributed by atoms with Gasteiger partial charge in [0.1, 0.15) is 5.82 Å². The Balaban J connectivity index is 1.99. The molecular formula is C12H21N3O.